The molecule has 1 unspecified atom stereocenters. The minimum Gasteiger partial charge on any atom is -0.341 e. The molecule has 182 valence electrons. The number of aromatic nitrogens is 1. The molecule has 15 heteroatoms. The first-order chi connectivity index (χ1) is 15.2. The molecular formula is C18H21F6N6O3+. The molecule has 2 aromatic rings. The van der Waals surface area contributed by atoms with Gasteiger partial charge in [0, 0.05) is 31.4 Å². The zero-order chi connectivity index (χ0) is 24.7. The molecule has 0 saturated heterocycles. The van der Waals surface area contributed by atoms with E-state index in [4.69, 9.17) is 0 Å². The highest BCUT2D eigenvalue weighted by molar-refractivity contribution is 6.05. The van der Waals surface area contributed by atoms with Crippen LogP contribution in [0.2, 0.25) is 0 Å². The Kier molecular flexibility index (Phi) is 6.74. The van der Waals surface area contributed by atoms with Crippen molar-refractivity contribution in [2.45, 2.75) is 25.7 Å². The third kappa shape index (κ3) is 5.45. The van der Waals surface area contributed by atoms with Crippen LogP contribution >= 0.6 is 0 Å². The Morgan fingerprint density at radius 1 is 1.24 bits per heavy atom. The second-order valence-electron chi connectivity index (χ2n) is 7.48. The predicted octanol–water partition coefficient (Wildman–Crippen LogP) is 2.56. The molecule has 5 N–H and O–H groups in total. The summed E-state index contributed by atoms with van der Waals surface area (Å²) in [4.78, 5) is 10.8. The van der Waals surface area contributed by atoms with Gasteiger partial charge in [-0.2, -0.15) is 28.6 Å². The highest BCUT2D eigenvalue weighted by Crippen LogP contribution is 2.31. The van der Waals surface area contributed by atoms with E-state index in [1.165, 1.54) is 24.7 Å². The van der Waals surface area contributed by atoms with Crippen molar-refractivity contribution in [2.24, 2.45) is 7.05 Å². The van der Waals surface area contributed by atoms with Crippen molar-refractivity contribution in [2.75, 3.05) is 18.4 Å². The SMILES string of the molecule is CC(NCC(F)(F)F)N1CCc2c(cn(C)c2C(=O)Nc2cc(F)c(F)c(F)c2)[N+](O)(O)N1. The molecule has 0 saturated carbocycles. The van der Waals surface area contributed by atoms with Gasteiger partial charge in [0.1, 0.15) is 5.69 Å². The zero-order valence-corrected chi connectivity index (χ0v) is 17.3. The Morgan fingerprint density at radius 3 is 2.42 bits per heavy atom. The second-order valence-corrected chi connectivity index (χ2v) is 7.48. The molecule has 0 radical (unpaired) electrons. The first kappa shape index (κ1) is 24.9. The van der Waals surface area contributed by atoms with Gasteiger partial charge in [0.25, 0.3) is 5.91 Å². The fraction of sp³-hybridized carbons (Fsp3) is 0.389. The van der Waals surface area contributed by atoms with Crippen LogP contribution in [0.1, 0.15) is 23.0 Å². The first-order valence-corrected chi connectivity index (χ1v) is 9.53. The molecule has 1 aliphatic rings. The van der Waals surface area contributed by atoms with E-state index in [1.807, 2.05) is 0 Å². The number of hydrogen-bond acceptors (Lipinski definition) is 6. The van der Waals surface area contributed by atoms with Gasteiger partial charge < -0.3 is 9.88 Å². The Hall–Kier alpha value is -2.69. The van der Waals surface area contributed by atoms with Gasteiger partial charge in [-0.05, 0) is 18.9 Å². The van der Waals surface area contributed by atoms with Crippen molar-refractivity contribution in [3.63, 3.8) is 0 Å². The third-order valence-electron chi connectivity index (χ3n) is 4.99. The number of benzene rings is 1. The molecule has 1 amide bonds. The number of quaternary nitrogens is 1. The Morgan fingerprint density at radius 2 is 1.85 bits per heavy atom. The zero-order valence-electron chi connectivity index (χ0n) is 17.3. The van der Waals surface area contributed by atoms with Crippen LogP contribution in [-0.4, -0.2) is 51.3 Å². The number of nitrogens with one attached hydrogen (secondary N) is 3. The number of carbonyl (C=O) groups is 1. The lowest BCUT2D eigenvalue weighted by molar-refractivity contribution is -0.355. The number of anilines is 1. The molecule has 0 spiro atoms. The molecular weight excluding hydrogens is 462 g/mol. The molecule has 0 fully saturated rings. The lowest BCUT2D eigenvalue weighted by Crippen LogP contribution is -2.65. The molecule has 3 rings (SSSR count). The van der Waals surface area contributed by atoms with E-state index >= 15 is 0 Å². The van der Waals surface area contributed by atoms with Crippen LogP contribution in [0.5, 0.6) is 0 Å². The summed E-state index contributed by atoms with van der Waals surface area (Å²) in [7, 11) is 1.40. The normalized spacial score (nSPS) is 17.4. The van der Waals surface area contributed by atoms with E-state index in [0.717, 1.165) is 5.01 Å². The summed E-state index contributed by atoms with van der Waals surface area (Å²) in [5.41, 5.74) is 1.68. The average Bonchev–Trinajstić information content (AvgIpc) is 2.97. The van der Waals surface area contributed by atoms with Gasteiger partial charge in [0.2, 0.25) is 5.69 Å². The number of aryl methyl sites for hydroxylation is 1. The molecule has 0 bridgehead atoms. The van der Waals surface area contributed by atoms with E-state index in [0.29, 0.717) is 12.1 Å². The van der Waals surface area contributed by atoms with Crippen molar-refractivity contribution >= 4 is 17.3 Å². The lowest BCUT2D eigenvalue weighted by Gasteiger charge is -2.30. The first-order valence-electron chi connectivity index (χ1n) is 9.53. The van der Waals surface area contributed by atoms with Gasteiger partial charge in [0.15, 0.2) is 17.5 Å². The molecule has 1 atom stereocenters. The maximum atomic E-state index is 13.5. The van der Waals surface area contributed by atoms with Crippen LogP contribution in [0.3, 0.4) is 0 Å². The number of hydrogen-bond donors (Lipinski definition) is 5. The Bertz CT molecular complexity index is 1030. The third-order valence-corrected chi connectivity index (χ3v) is 4.99. The second kappa shape index (κ2) is 8.92. The van der Waals surface area contributed by atoms with Gasteiger partial charge in [0.05, 0.1) is 29.4 Å². The Balaban J connectivity index is 1.86. The van der Waals surface area contributed by atoms with Gasteiger partial charge in [-0.3, -0.25) is 10.1 Å². The summed E-state index contributed by atoms with van der Waals surface area (Å²) in [6.07, 6.45) is -4.31. The molecule has 9 nitrogen and oxygen atoms in total. The number of halogens is 6. The molecule has 1 aliphatic heterocycles. The van der Waals surface area contributed by atoms with Crippen LogP contribution in [0.4, 0.5) is 37.7 Å². The standard InChI is InChI=1S/C18H20F6N6O3/c1-9(25-8-18(22,23)24)29-4-3-11-14(30(32,33)27-29)7-28(2)16(11)17(31)26-10-5-12(19)15(21)13(20)6-10/h5-7,9,25,27,32-33H,3-4,8H2,1-2H3/p+1. The van der Waals surface area contributed by atoms with Crippen molar-refractivity contribution in [1.82, 2.24) is 25.3 Å². The number of hydrazine groups is 1. The number of fused-ring (bicyclic) bond motifs is 1. The number of nitrogens with zero attached hydrogens (tertiary/aromatic N) is 3. The smallest absolute Gasteiger partial charge is 0.341 e. The average molecular weight is 483 g/mol. The van der Waals surface area contributed by atoms with E-state index in [2.05, 4.69) is 16.2 Å². The highest BCUT2D eigenvalue weighted by Gasteiger charge is 2.42. The van der Waals surface area contributed by atoms with Gasteiger partial charge in [-0.25, -0.2) is 13.2 Å². The van der Waals surface area contributed by atoms with E-state index in [9.17, 15) is 41.6 Å². The van der Waals surface area contributed by atoms with E-state index in [1.54, 1.807) is 0 Å². The predicted molar refractivity (Wildman–Crippen MR) is 102 cm³/mol. The molecule has 1 aromatic carbocycles. The van der Waals surface area contributed by atoms with Crippen molar-refractivity contribution in [3.05, 3.63) is 47.0 Å². The molecule has 2 heterocycles. The van der Waals surface area contributed by atoms with Crippen LogP contribution in [-0.2, 0) is 13.5 Å². The van der Waals surface area contributed by atoms with Crippen molar-refractivity contribution in [3.8, 4) is 0 Å². The maximum absolute atomic E-state index is 13.5. The van der Waals surface area contributed by atoms with Crippen molar-refractivity contribution in [1.29, 1.82) is 0 Å². The van der Waals surface area contributed by atoms with Crippen LogP contribution in [0, 0.1) is 17.5 Å². The van der Waals surface area contributed by atoms with E-state index in [-0.39, 0.29) is 35.6 Å². The molecule has 33 heavy (non-hydrogen) atoms. The monoisotopic (exact) mass is 483 g/mol. The molecule has 0 aliphatic carbocycles. The summed E-state index contributed by atoms with van der Waals surface area (Å²) < 4.78 is 78.8. The lowest BCUT2D eigenvalue weighted by atomic mass is 10.1. The van der Waals surface area contributed by atoms with Gasteiger partial charge in [-0.1, -0.05) is 0 Å². The minimum atomic E-state index is -4.49. The summed E-state index contributed by atoms with van der Waals surface area (Å²) in [6.45, 7) is -0.0139. The van der Waals surface area contributed by atoms with Crippen LogP contribution in [0.25, 0.3) is 0 Å². The molecule has 1 aromatic heterocycles. The van der Waals surface area contributed by atoms with E-state index < -0.39 is 47.2 Å². The highest BCUT2D eigenvalue weighted by atomic mass is 19.4. The number of alkyl halides is 3. The summed E-state index contributed by atoms with van der Waals surface area (Å²) in [5.74, 6) is -5.63. The summed E-state index contributed by atoms with van der Waals surface area (Å²) in [6, 6.07) is 1.15. The number of rotatable bonds is 5. The summed E-state index contributed by atoms with van der Waals surface area (Å²) >= 11 is 0. The number of amides is 1. The Labute approximate surface area is 183 Å². The van der Waals surface area contributed by atoms with Gasteiger partial charge >= 0.3 is 6.18 Å². The maximum Gasteiger partial charge on any atom is 0.401 e. The van der Waals surface area contributed by atoms with Gasteiger partial charge in [-0.15, -0.1) is 0 Å². The number of carbonyl (C=O) groups excluding carboxylic acids is 1. The van der Waals surface area contributed by atoms with Crippen LogP contribution in [0.15, 0.2) is 18.3 Å². The summed E-state index contributed by atoms with van der Waals surface area (Å²) in [5, 5.41) is 26.5. The van der Waals surface area contributed by atoms with Crippen LogP contribution < -0.4 is 21.1 Å². The largest absolute Gasteiger partial charge is 0.401 e. The minimum absolute atomic E-state index is 0.0166. The quantitative estimate of drug-likeness (QED) is 0.255. The topological polar surface area (TPSA) is 102 Å². The van der Waals surface area contributed by atoms with Crippen molar-refractivity contribution < 1.29 is 41.6 Å². The fourth-order valence-electron chi connectivity index (χ4n) is 3.46. The fourth-order valence-corrected chi connectivity index (χ4v) is 3.46.